The Morgan fingerprint density at radius 1 is 0.194 bits per heavy atom. The highest BCUT2D eigenvalue weighted by Gasteiger charge is 2.23. The van der Waals surface area contributed by atoms with Crippen LogP contribution in [-0.2, 0) is 0 Å². The standard InChI is InChI=1S/2C52H33NO/c1-3-14-40-36(12-1)32-49(45-18-6-5-16-43(40)45)35-26-30-39(31-27-35)53(50-33-37-13-2-4-15-41(37)44-17-7-8-19-46(44)50)38-28-24-34(25-29-38)42-21-11-22-48-47-20-9-10-23-51(47)54-52(42)48;1-3-14-40-36(12-1)32-48(45-18-6-5-16-43(40)45)35-26-30-39(31-27-35)53(49-33-37-13-2-4-15-41(37)44-17-7-8-19-46(44)49)38-28-24-34(25-29-38)42-21-11-23-51-52(42)47-20-9-10-22-50(47)54-51/h2*1-33H/i2*24D,25D,28D,29D. The van der Waals surface area contributed by atoms with Gasteiger partial charge in [0.15, 0.2) is 0 Å². The molecule has 22 rings (SSSR count). The fraction of sp³-hybridized carbons (Fsp3) is 0. The van der Waals surface area contributed by atoms with Crippen molar-refractivity contribution in [1.29, 1.82) is 0 Å². The molecular weight excluding hydrogens is 1310 g/mol. The zero-order chi connectivity index (χ0) is 78.1. The summed E-state index contributed by atoms with van der Waals surface area (Å²) in [7, 11) is 0. The molecule has 22 aromatic rings. The number of anilines is 6. The molecule has 0 aliphatic rings. The van der Waals surface area contributed by atoms with Crippen LogP contribution in [0.25, 0.3) is 175 Å². The maximum atomic E-state index is 9.74. The van der Waals surface area contributed by atoms with E-state index in [1.807, 2.05) is 168 Å². The molecule has 0 spiro atoms. The molecule has 0 saturated heterocycles. The number of hydrogen-bond acceptors (Lipinski definition) is 4. The van der Waals surface area contributed by atoms with E-state index in [4.69, 9.17) is 8.83 Å². The maximum absolute atomic E-state index is 9.74. The van der Waals surface area contributed by atoms with Crippen molar-refractivity contribution >= 4 is 164 Å². The van der Waals surface area contributed by atoms with Crippen LogP contribution in [-0.4, -0.2) is 0 Å². The van der Waals surface area contributed by atoms with Crippen molar-refractivity contribution in [3.8, 4) is 44.5 Å². The molecule has 0 aliphatic carbocycles. The van der Waals surface area contributed by atoms with E-state index in [0.717, 1.165) is 120 Å². The van der Waals surface area contributed by atoms with Gasteiger partial charge in [-0.1, -0.05) is 309 Å². The number of benzene rings is 20. The van der Waals surface area contributed by atoms with Crippen molar-refractivity contribution in [2.24, 2.45) is 0 Å². The lowest BCUT2D eigenvalue weighted by Crippen LogP contribution is -2.10. The van der Waals surface area contributed by atoms with E-state index in [1.165, 1.54) is 21.5 Å². The van der Waals surface area contributed by atoms with Gasteiger partial charge in [-0.3, -0.25) is 0 Å². The summed E-state index contributed by atoms with van der Waals surface area (Å²) in [5, 5.41) is 20.9. The Bertz CT molecular complexity index is 7780. The zero-order valence-electron chi connectivity index (χ0n) is 66.2. The van der Waals surface area contributed by atoms with Crippen LogP contribution >= 0.6 is 0 Å². The number of rotatable bonds is 10. The summed E-state index contributed by atoms with van der Waals surface area (Å²) in [5.41, 5.74) is 11.7. The van der Waals surface area contributed by atoms with Gasteiger partial charge in [0.25, 0.3) is 0 Å². The van der Waals surface area contributed by atoms with Gasteiger partial charge in [0, 0.05) is 60.6 Å². The summed E-state index contributed by atoms with van der Waals surface area (Å²) >= 11 is 0. The fourth-order valence-corrected chi connectivity index (χ4v) is 16.4. The number of fused-ring (bicyclic) bond motifs is 18. The largest absolute Gasteiger partial charge is 0.456 e. The van der Waals surface area contributed by atoms with Crippen LogP contribution in [0.4, 0.5) is 34.1 Å². The van der Waals surface area contributed by atoms with Gasteiger partial charge < -0.3 is 18.6 Å². The topological polar surface area (TPSA) is 32.8 Å². The van der Waals surface area contributed by atoms with Crippen LogP contribution < -0.4 is 9.80 Å². The Hall–Kier alpha value is -14.3. The lowest BCUT2D eigenvalue weighted by Gasteiger charge is -2.28. The minimum Gasteiger partial charge on any atom is -0.456 e. The number of hydrogen-bond donors (Lipinski definition) is 0. The molecule has 4 heteroatoms. The molecule has 0 aliphatic heterocycles. The average Bonchev–Trinajstić information content (AvgIpc) is 1.33. The minimum absolute atomic E-state index is 0.122. The van der Waals surface area contributed by atoms with Gasteiger partial charge in [-0.2, -0.15) is 0 Å². The van der Waals surface area contributed by atoms with E-state index in [-0.39, 0.29) is 70.8 Å². The molecule has 4 nitrogen and oxygen atoms in total. The van der Waals surface area contributed by atoms with Crippen molar-refractivity contribution in [1.82, 2.24) is 0 Å². The molecule has 108 heavy (non-hydrogen) atoms. The molecule has 0 saturated carbocycles. The molecule has 0 atom stereocenters. The summed E-state index contributed by atoms with van der Waals surface area (Å²) in [6.07, 6.45) is 0. The van der Waals surface area contributed by atoms with Crippen molar-refractivity contribution in [2.75, 3.05) is 9.80 Å². The van der Waals surface area contributed by atoms with E-state index < -0.39 is 0 Å². The zero-order valence-corrected chi connectivity index (χ0v) is 58.2. The van der Waals surface area contributed by atoms with Gasteiger partial charge in [0.05, 0.1) is 22.3 Å². The van der Waals surface area contributed by atoms with Gasteiger partial charge in [-0.25, -0.2) is 0 Å². The van der Waals surface area contributed by atoms with Crippen molar-refractivity contribution in [3.05, 3.63) is 400 Å². The molecule has 2 aromatic heterocycles. The molecule has 0 radical (unpaired) electrons. The average molecular weight is 1380 g/mol. The van der Waals surface area contributed by atoms with Crippen LogP contribution in [0, 0.1) is 0 Å². The van der Waals surface area contributed by atoms with Gasteiger partial charge in [-0.05, 0) is 205 Å². The molecule has 0 fully saturated rings. The second-order valence-corrected chi connectivity index (χ2v) is 27.5. The summed E-state index contributed by atoms with van der Waals surface area (Å²) in [6.45, 7) is 0. The van der Waals surface area contributed by atoms with Crippen LogP contribution in [0.15, 0.2) is 409 Å². The van der Waals surface area contributed by atoms with Gasteiger partial charge in [-0.15, -0.1) is 0 Å². The summed E-state index contributed by atoms with van der Waals surface area (Å²) in [5.74, 6) is 0. The van der Waals surface area contributed by atoms with Gasteiger partial charge in [0.1, 0.15) is 22.3 Å². The first-order valence-corrected chi connectivity index (χ1v) is 36.4. The predicted molar refractivity (Wildman–Crippen MR) is 459 cm³/mol. The Kier molecular flexibility index (Phi) is 13.0. The number of para-hydroxylation sites is 3. The summed E-state index contributed by atoms with van der Waals surface area (Å²) < 4.78 is 89.8. The van der Waals surface area contributed by atoms with E-state index in [2.05, 4.69) is 194 Å². The van der Waals surface area contributed by atoms with E-state index >= 15 is 0 Å². The maximum Gasteiger partial charge on any atom is 0.143 e. The minimum atomic E-state index is -0.147. The lowest BCUT2D eigenvalue weighted by molar-refractivity contribution is 0.669. The highest BCUT2D eigenvalue weighted by atomic mass is 16.3. The highest BCUT2D eigenvalue weighted by molar-refractivity contribution is 6.19. The summed E-state index contributed by atoms with van der Waals surface area (Å²) in [6, 6.07) is 117. The normalized spacial score (nSPS) is 12.7. The molecule has 2 heterocycles. The van der Waals surface area contributed by atoms with Gasteiger partial charge >= 0.3 is 0 Å². The number of nitrogens with zero attached hydrogens (tertiary/aromatic N) is 2. The van der Waals surface area contributed by atoms with E-state index in [1.54, 1.807) is 0 Å². The second kappa shape index (κ2) is 25.8. The van der Waals surface area contributed by atoms with E-state index in [0.29, 0.717) is 44.8 Å². The predicted octanol–water partition coefficient (Wildman–Crippen LogP) is 30.0. The first-order chi connectivity index (χ1) is 56.9. The lowest BCUT2D eigenvalue weighted by atomic mass is 9.93. The monoisotopic (exact) mass is 1380 g/mol. The smallest absolute Gasteiger partial charge is 0.143 e. The Morgan fingerprint density at radius 3 is 0.981 bits per heavy atom. The number of furan rings is 2. The van der Waals surface area contributed by atoms with Crippen LogP contribution in [0.5, 0.6) is 0 Å². The SMILES string of the molecule is [2H]c1c([2H])c(N(c2ccc(-c3cc4ccccc4c4ccccc34)cc2)c2cc3ccccc3c3ccccc23)c([2H])c([2H])c1-c1cccc2c1oc1ccccc12.[2H]c1c([2H])c(N(c2ccc(-c3cc4ccccc4c4ccccc34)cc2)c2cc3ccccc3c3ccccc23)c([2H])c([2H])c1-c1cccc2oc3ccccc3c12. The Labute approximate surface area is 634 Å². The first kappa shape index (κ1) is 54.3. The Morgan fingerprint density at radius 2 is 0.519 bits per heavy atom. The quantitative estimate of drug-likeness (QED) is 0.128. The summed E-state index contributed by atoms with van der Waals surface area (Å²) in [4.78, 5) is 3.82. The van der Waals surface area contributed by atoms with Crippen molar-refractivity contribution in [2.45, 2.75) is 0 Å². The third-order valence-electron chi connectivity index (χ3n) is 21.4. The molecule has 20 aromatic carbocycles. The van der Waals surface area contributed by atoms with Gasteiger partial charge in [0.2, 0.25) is 0 Å². The van der Waals surface area contributed by atoms with E-state index in [9.17, 15) is 11.0 Å². The molecule has 504 valence electrons. The third kappa shape index (κ3) is 10.5. The Balaban J connectivity index is 0.000000145. The van der Waals surface area contributed by atoms with Crippen molar-refractivity contribution < 1.29 is 19.8 Å². The molecule has 0 bridgehead atoms. The van der Waals surface area contributed by atoms with Crippen LogP contribution in [0.2, 0.25) is 0 Å². The molecular formula is C104H66N2O2. The van der Waals surface area contributed by atoms with Crippen LogP contribution in [0.1, 0.15) is 11.0 Å². The molecule has 0 amide bonds. The first-order valence-electron chi connectivity index (χ1n) is 40.4. The molecule has 0 unspecified atom stereocenters. The van der Waals surface area contributed by atoms with Crippen LogP contribution in [0.3, 0.4) is 0 Å². The molecule has 0 N–H and O–H groups in total. The van der Waals surface area contributed by atoms with Crippen molar-refractivity contribution in [3.63, 3.8) is 0 Å². The second-order valence-electron chi connectivity index (χ2n) is 27.5. The fourth-order valence-electron chi connectivity index (χ4n) is 16.4. The highest BCUT2D eigenvalue weighted by Crippen LogP contribution is 2.48. The third-order valence-corrected chi connectivity index (χ3v) is 21.4.